The zero-order valence-electron chi connectivity index (χ0n) is 17.4. The molecule has 0 saturated carbocycles. The summed E-state index contributed by atoms with van der Waals surface area (Å²) < 4.78 is 15.1. The number of carbonyl (C=O) groups excluding carboxylic acids is 1. The van der Waals surface area contributed by atoms with Crippen LogP contribution in [0.5, 0.6) is 0 Å². The molecule has 7 nitrogen and oxygen atoms in total. The van der Waals surface area contributed by atoms with E-state index >= 15 is 0 Å². The van der Waals surface area contributed by atoms with Crippen LogP contribution in [0.25, 0.3) is 16.2 Å². The average molecular weight is 419 g/mol. The van der Waals surface area contributed by atoms with Crippen molar-refractivity contribution in [3.05, 3.63) is 30.1 Å². The van der Waals surface area contributed by atoms with Gasteiger partial charge in [0.1, 0.15) is 11.5 Å². The number of aromatic nitrogens is 3. The van der Waals surface area contributed by atoms with Crippen LogP contribution in [0, 0.1) is 5.82 Å². The molecule has 29 heavy (non-hydrogen) atoms. The lowest BCUT2D eigenvalue weighted by Crippen LogP contribution is -2.35. The van der Waals surface area contributed by atoms with E-state index in [0.717, 1.165) is 17.8 Å². The number of carbonyl (C=O) groups is 1. The number of hydrogen-bond donors (Lipinski definition) is 2. The average Bonchev–Trinajstić information content (AvgIpc) is 3.19. The van der Waals surface area contributed by atoms with Crippen molar-refractivity contribution in [3.63, 3.8) is 0 Å². The summed E-state index contributed by atoms with van der Waals surface area (Å²) in [7, 11) is 1.83. The quantitative estimate of drug-likeness (QED) is 0.611. The van der Waals surface area contributed by atoms with Crippen LogP contribution in [0.3, 0.4) is 0 Å². The Balaban J connectivity index is 1.95. The minimum Gasteiger partial charge on any atom is -0.364 e. The fourth-order valence-electron chi connectivity index (χ4n) is 2.77. The molecule has 2 N–H and O–H groups in total. The lowest BCUT2D eigenvalue weighted by atomic mass is 10.1. The van der Waals surface area contributed by atoms with E-state index in [1.807, 2.05) is 18.9 Å². The van der Waals surface area contributed by atoms with Gasteiger partial charge in [-0.05, 0) is 51.5 Å². The summed E-state index contributed by atoms with van der Waals surface area (Å²) in [4.78, 5) is 19.3. The fourth-order valence-corrected chi connectivity index (χ4v) is 3.63. The Labute approximate surface area is 173 Å². The van der Waals surface area contributed by atoms with Gasteiger partial charge in [0.05, 0.1) is 6.54 Å². The van der Waals surface area contributed by atoms with Crippen molar-refractivity contribution in [1.82, 2.24) is 19.9 Å². The summed E-state index contributed by atoms with van der Waals surface area (Å²) in [6, 6.07) is 6.26. The molecular weight excluding hydrogens is 391 g/mol. The van der Waals surface area contributed by atoms with Crippen molar-refractivity contribution < 1.29 is 9.18 Å². The highest BCUT2D eigenvalue weighted by Crippen LogP contribution is 2.34. The molecule has 0 aliphatic carbocycles. The van der Waals surface area contributed by atoms with E-state index in [0.29, 0.717) is 22.3 Å². The lowest BCUT2D eigenvalue weighted by Gasteiger charge is -2.22. The molecule has 0 saturated heterocycles. The minimum absolute atomic E-state index is 0.0396. The highest BCUT2D eigenvalue weighted by Gasteiger charge is 2.23. The summed E-state index contributed by atoms with van der Waals surface area (Å²) in [5.74, 6) is 0.413. The summed E-state index contributed by atoms with van der Waals surface area (Å²) in [6.07, 6.45) is 0.897. The third-order valence-corrected chi connectivity index (χ3v) is 5.11. The Morgan fingerprint density at radius 2 is 1.97 bits per heavy atom. The number of benzene rings is 1. The third-order valence-electron chi connectivity index (χ3n) is 4.08. The maximum Gasteiger partial charge on any atom is 0.239 e. The van der Waals surface area contributed by atoms with Crippen LogP contribution in [0.2, 0.25) is 0 Å². The van der Waals surface area contributed by atoms with Crippen molar-refractivity contribution in [2.45, 2.75) is 39.7 Å². The highest BCUT2D eigenvalue weighted by molar-refractivity contribution is 7.20. The van der Waals surface area contributed by atoms with Gasteiger partial charge in [-0.15, -0.1) is 5.10 Å². The number of hydrogen-bond acceptors (Lipinski definition) is 6. The van der Waals surface area contributed by atoms with Gasteiger partial charge < -0.3 is 15.5 Å². The predicted molar refractivity (Wildman–Crippen MR) is 116 cm³/mol. The molecule has 0 unspecified atom stereocenters. The van der Waals surface area contributed by atoms with Crippen molar-refractivity contribution >= 4 is 33.2 Å². The van der Waals surface area contributed by atoms with Gasteiger partial charge in [-0.2, -0.15) is 4.52 Å². The van der Waals surface area contributed by atoms with Gasteiger partial charge in [0, 0.05) is 24.7 Å². The number of fused-ring (bicyclic) bond motifs is 1. The molecule has 2 aromatic heterocycles. The smallest absolute Gasteiger partial charge is 0.239 e. The summed E-state index contributed by atoms with van der Waals surface area (Å²) in [5.41, 5.74) is 1.30. The first-order valence-electron chi connectivity index (χ1n) is 9.59. The number of rotatable bonds is 7. The topological polar surface area (TPSA) is 74.6 Å². The molecule has 3 rings (SSSR count). The van der Waals surface area contributed by atoms with Crippen LogP contribution >= 0.6 is 11.3 Å². The van der Waals surface area contributed by atoms with E-state index in [1.54, 1.807) is 16.6 Å². The summed E-state index contributed by atoms with van der Waals surface area (Å²) in [5, 5.41) is 11.7. The molecule has 0 bridgehead atoms. The number of likely N-dealkylation sites (N-methyl/N-ethyl adjacent to an activating group) is 1. The first kappa shape index (κ1) is 21.0. The van der Waals surface area contributed by atoms with Gasteiger partial charge in [-0.1, -0.05) is 18.3 Å². The van der Waals surface area contributed by atoms with Crippen molar-refractivity contribution in [3.8, 4) is 11.3 Å². The molecule has 2 heterocycles. The number of nitrogens with zero attached hydrogens (tertiary/aromatic N) is 4. The van der Waals surface area contributed by atoms with Crippen molar-refractivity contribution in [1.29, 1.82) is 0 Å². The number of anilines is 2. The molecule has 156 valence electrons. The molecule has 1 amide bonds. The van der Waals surface area contributed by atoms with E-state index < -0.39 is 0 Å². The maximum atomic E-state index is 13.4. The third kappa shape index (κ3) is 5.03. The monoisotopic (exact) mass is 418 g/mol. The van der Waals surface area contributed by atoms with E-state index in [2.05, 4.69) is 36.5 Å². The van der Waals surface area contributed by atoms with Crippen LogP contribution < -0.4 is 15.5 Å². The Bertz CT molecular complexity index is 989. The van der Waals surface area contributed by atoms with Gasteiger partial charge in [0.2, 0.25) is 16.0 Å². The molecule has 0 aliphatic rings. The molecule has 0 aliphatic heterocycles. The minimum atomic E-state index is -0.288. The van der Waals surface area contributed by atoms with Crippen molar-refractivity contribution in [2.75, 3.05) is 30.4 Å². The maximum absolute atomic E-state index is 13.4. The van der Waals surface area contributed by atoms with Gasteiger partial charge in [-0.25, -0.2) is 9.37 Å². The van der Waals surface area contributed by atoms with Crippen LogP contribution in [0.4, 0.5) is 15.3 Å². The Hall–Kier alpha value is -2.68. The highest BCUT2D eigenvalue weighted by atomic mass is 32.1. The zero-order valence-corrected chi connectivity index (χ0v) is 18.2. The van der Waals surface area contributed by atoms with Gasteiger partial charge in [-0.3, -0.25) is 4.79 Å². The van der Waals surface area contributed by atoms with E-state index in [4.69, 9.17) is 4.98 Å². The summed E-state index contributed by atoms with van der Waals surface area (Å²) >= 11 is 1.40. The van der Waals surface area contributed by atoms with Gasteiger partial charge in [0.25, 0.3) is 0 Å². The molecule has 0 fully saturated rings. The molecule has 0 spiro atoms. The first-order valence-corrected chi connectivity index (χ1v) is 10.4. The van der Waals surface area contributed by atoms with Crippen LogP contribution in [0.1, 0.15) is 34.1 Å². The number of nitrogens with one attached hydrogen (secondary N) is 2. The zero-order chi connectivity index (χ0) is 21.2. The Morgan fingerprint density at radius 1 is 1.28 bits per heavy atom. The van der Waals surface area contributed by atoms with E-state index in [-0.39, 0.29) is 23.8 Å². The fraction of sp³-hybridized carbons (Fsp3) is 0.450. The molecule has 0 atom stereocenters. The van der Waals surface area contributed by atoms with Crippen LogP contribution in [-0.2, 0) is 4.79 Å². The van der Waals surface area contributed by atoms with Crippen LogP contribution in [0.15, 0.2) is 24.3 Å². The Kier molecular flexibility index (Phi) is 6.07. The standard InChI is InChI=1S/C20H27FN6OS/c1-6-11-22-15(28)12-26(5)19-25-27-17(24-20(2,3)4)16(23-18(27)29-19)13-7-9-14(21)10-8-13/h7-10,24H,6,11-12H2,1-5H3,(H,22,28). The SMILES string of the molecule is CCCNC(=O)CN(C)c1nn2c(NC(C)(C)C)c(-c3ccc(F)cc3)nc2s1. The molecule has 0 radical (unpaired) electrons. The van der Waals surface area contributed by atoms with Gasteiger partial charge >= 0.3 is 0 Å². The second kappa shape index (κ2) is 8.36. The normalized spacial score (nSPS) is 11.7. The lowest BCUT2D eigenvalue weighted by molar-refractivity contribution is -0.119. The molecule has 1 aromatic carbocycles. The predicted octanol–water partition coefficient (Wildman–Crippen LogP) is 3.77. The molecule has 9 heteroatoms. The largest absolute Gasteiger partial charge is 0.364 e. The number of amides is 1. The second-order valence-electron chi connectivity index (χ2n) is 7.98. The van der Waals surface area contributed by atoms with Crippen molar-refractivity contribution in [2.24, 2.45) is 0 Å². The first-order chi connectivity index (χ1) is 13.7. The van der Waals surface area contributed by atoms with E-state index in [9.17, 15) is 9.18 Å². The molecular formula is C20H27FN6OS. The summed E-state index contributed by atoms with van der Waals surface area (Å²) in [6.45, 7) is 9.06. The number of halogens is 1. The second-order valence-corrected chi connectivity index (χ2v) is 8.91. The van der Waals surface area contributed by atoms with Crippen LogP contribution in [-0.4, -0.2) is 46.2 Å². The number of imidazole rings is 1. The van der Waals surface area contributed by atoms with E-state index in [1.165, 1.54) is 23.5 Å². The van der Waals surface area contributed by atoms with Gasteiger partial charge in [0.15, 0.2) is 5.82 Å². The Morgan fingerprint density at radius 3 is 2.59 bits per heavy atom. The molecule has 3 aromatic rings.